The van der Waals surface area contributed by atoms with E-state index in [-0.39, 0.29) is 47.9 Å². The molecule has 4 amide bonds. The number of amides is 4. The van der Waals surface area contributed by atoms with Crippen molar-refractivity contribution in [1.29, 1.82) is 0 Å². The highest BCUT2D eigenvalue weighted by atomic mass is 16.2. The van der Waals surface area contributed by atoms with Crippen molar-refractivity contribution in [2.45, 2.75) is 12.8 Å². The number of likely N-dealkylation sites (tertiary alicyclic amines) is 1. The van der Waals surface area contributed by atoms with E-state index in [1.54, 1.807) is 29.2 Å². The lowest BCUT2D eigenvalue weighted by atomic mass is 9.85. The monoisotopic (exact) mass is 441 g/mol. The van der Waals surface area contributed by atoms with E-state index in [9.17, 15) is 19.2 Å². The summed E-state index contributed by atoms with van der Waals surface area (Å²) in [5.41, 5.74) is 3.15. The minimum Gasteiger partial charge on any atom is -0.325 e. The number of hydrogen-bond donors (Lipinski definition) is 1. The fourth-order valence-corrected chi connectivity index (χ4v) is 5.87. The lowest BCUT2D eigenvalue weighted by Crippen LogP contribution is -2.39. The fraction of sp³-hybridized carbons (Fsp3) is 0.308. The van der Waals surface area contributed by atoms with Crippen molar-refractivity contribution in [3.63, 3.8) is 0 Å². The van der Waals surface area contributed by atoms with Crippen molar-refractivity contribution in [2.75, 3.05) is 23.3 Å². The van der Waals surface area contributed by atoms with E-state index in [2.05, 4.69) is 5.32 Å². The van der Waals surface area contributed by atoms with E-state index >= 15 is 0 Å². The summed E-state index contributed by atoms with van der Waals surface area (Å²) in [6, 6.07) is 14.6. The third kappa shape index (κ3) is 3.10. The largest absolute Gasteiger partial charge is 0.325 e. The molecule has 7 nitrogen and oxygen atoms in total. The number of anilines is 2. The third-order valence-electron chi connectivity index (χ3n) is 7.41. The molecule has 1 saturated carbocycles. The second-order valence-corrected chi connectivity index (χ2v) is 9.22. The highest BCUT2D eigenvalue weighted by molar-refractivity contribution is 6.10. The molecular formula is C26H23N3O4. The Labute approximate surface area is 191 Å². The molecule has 1 saturated heterocycles. The van der Waals surface area contributed by atoms with Crippen LogP contribution < -0.4 is 10.2 Å². The van der Waals surface area contributed by atoms with Crippen LogP contribution in [0.3, 0.4) is 0 Å². The Kier molecular flexibility index (Phi) is 4.47. The standard InChI is InChI=1S/C26H23N3O4/c30-21(14-29-25(32)22-17-5-6-18(13-17)23(22)26(29)33)27-19-9-7-16(8-10-19)24(31)28-12-11-15-3-1-2-4-20(15)28/h1-10,17-18,22-23H,11-14H2,(H,27,30). The molecule has 2 heterocycles. The van der Waals surface area contributed by atoms with Gasteiger partial charge in [-0.1, -0.05) is 30.4 Å². The van der Waals surface area contributed by atoms with Crippen LogP contribution in [-0.2, 0) is 20.8 Å². The first-order valence-corrected chi connectivity index (χ1v) is 11.3. The summed E-state index contributed by atoms with van der Waals surface area (Å²) in [5, 5.41) is 2.74. The number of carbonyl (C=O) groups excluding carboxylic acids is 4. The summed E-state index contributed by atoms with van der Waals surface area (Å²) in [7, 11) is 0. The Bertz CT molecular complexity index is 1190. The highest BCUT2D eigenvalue weighted by Gasteiger charge is 2.59. The van der Waals surface area contributed by atoms with Crippen LogP contribution in [0.4, 0.5) is 11.4 Å². The molecule has 1 N–H and O–H groups in total. The van der Waals surface area contributed by atoms with Gasteiger partial charge in [-0.25, -0.2) is 0 Å². The van der Waals surface area contributed by atoms with Crippen molar-refractivity contribution in [1.82, 2.24) is 4.90 Å². The predicted octanol–water partition coefficient (Wildman–Crippen LogP) is 2.64. The smallest absolute Gasteiger partial charge is 0.258 e. The highest BCUT2D eigenvalue weighted by Crippen LogP contribution is 2.52. The van der Waals surface area contributed by atoms with Crippen molar-refractivity contribution >= 4 is 35.0 Å². The minimum atomic E-state index is -0.426. The molecule has 2 aliphatic carbocycles. The third-order valence-corrected chi connectivity index (χ3v) is 7.41. The zero-order valence-corrected chi connectivity index (χ0v) is 17.9. The van der Waals surface area contributed by atoms with Gasteiger partial charge in [0.25, 0.3) is 5.91 Å². The Morgan fingerprint density at radius 3 is 2.27 bits per heavy atom. The second kappa shape index (κ2) is 7.40. The molecule has 0 radical (unpaired) electrons. The summed E-state index contributed by atoms with van der Waals surface area (Å²) < 4.78 is 0. The van der Waals surface area contributed by atoms with Crippen LogP contribution >= 0.6 is 0 Å². The molecule has 2 aromatic rings. The van der Waals surface area contributed by atoms with Crippen molar-refractivity contribution in [3.05, 3.63) is 71.8 Å². The van der Waals surface area contributed by atoms with Crippen molar-refractivity contribution in [2.24, 2.45) is 23.7 Å². The fourth-order valence-electron chi connectivity index (χ4n) is 5.87. The van der Waals surface area contributed by atoms with Gasteiger partial charge in [-0.05, 0) is 60.6 Å². The van der Waals surface area contributed by atoms with Gasteiger partial charge >= 0.3 is 0 Å². The zero-order chi connectivity index (χ0) is 22.7. The predicted molar refractivity (Wildman–Crippen MR) is 121 cm³/mol. The minimum absolute atomic E-state index is 0.0825. The number of nitrogens with one attached hydrogen (secondary N) is 1. The van der Waals surface area contributed by atoms with Crippen LogP contribution in [-0.4, -0.2) is 41.6 Å². The number of rotatable bonds is 4. The van der Waals surface area contributed by atoms with Crippen LogP contribution in [0.2, 0.25) is 0 Å². The molecule has 4 unspecified atom stereocenters. The summed E-state index contributed by atoms with van der Waals surface area (Å²) in [6.07, 6.45) is 5.76. The maximum Gasteiger partial charge on any atom is 0.258 e. The summed E-state index contributed by atoms with van der Waals surface area (Å²) in [4.78, 5) is 53.9. The molecule has 33 heavy (non-hydrogen) atoms. The van der Waals surface area contributed by atoms with E-state index in [4.69, 9.17) is 0 Å². The van der Waals surface area contributed by atoms with Crippen LogP contribution in [0, 0.1) is 23.7 Å². The Balaban J connectivity index is 1.10. The van der Waals surface area contributed by atoms with Crippen LogP contribution in [0.1, 0.15) is 22.3 Å². The summed E-state index contributed by atoms with van der Waals surface area (Å²) in [5.74, 6) is -1.34. The maximum atomic E-state index is 13.0. The van der Waals surface area contributed by atoms with Crippen molar-refractivity contribution in [3.8, 4) is 0 Å². The molecule has 7 heteroatoms. The van der Waals surface area contributed by atoms with E-state index in [0.717, 1.165) is 29.0 Å². The SMILES string of the molecule is O=C(CN1C(=O)C2C3C=CC(C3)C2C1=O)Nc1ccc(C(=O)N2CCc3ccccc32)cc1. The van der Waals surface area contributed by atoms with E-state index in [0.29, 0.717) is 17.8 Å². The first kappa shape index (κ1) is 19.9. The van der Waals surface area contributed by atoms with E-state index < -0.39 is 5.91 Å². The van der Waals surface area contributed by atoms with Crippen LogP contribution in [0.5, 0.6) is 0 Å². The zero-order valence-electron chi connectivity index (χ0n) is 17.9. The molecule has 2 fully saturated rings. The second-order valence-electron chi connectivity index (χ2n) is 9.22. The molecule has 0 spiro atoms. The van der Waals surface area contributed by atoms with Gasteiger partial charge in [0.05, 0.1) is 11.8 Å². The van der Waals surface area contributed by atoms with Gasteiger partial charge in [-0.3, -0.25) is 24.1 Å². The number of allylic oxidation sites excluding steroid dienone is 2. The van der Waals surface area contributed by atoms with Gasteiger partial charge < -0.3 is 10.2 Å². The van der Waals surface area contributed by atoms with Crippen molar-refractivity contribution < 1.29 is 19.2 Å². The topological polar surface area (TPSA) is 86.8 Å². The molecule has 2 aromatic carbocycles. The number of imide groups is 1. The normalized spacial score (nSPS) is 26.7. The molecule has 4 aliphatic rings. The molecule has 0 aromatic heterocycles. The summed E-state index contributed by atoms with van der Waals surface area (Å²) >= 11 is 0. The Hall–Kier alpha value is -3.74. The van der Waals surface area contributed by atoms with Gasteiger partial charge in [0, 0.05) is 23.5 Å². The number of fused-ring (bicyclic) bond motifs is 6. The molecule has 4 atom stereocenters. The molecule has 166 valence electrons. The van der Waals surface area contributed by atoms with Gasteiger partial charge in [-0.15, -0.1) is 0 Å². The Morgan fingerprint density at radius 2 is 1.58 bits per heavy atom. The first-order chi connectivity index (χ1) is 16.0. The first-order valence-electron chi connectivity index (χ1n) is 11.3. The summed E-state index contributed by atoms with van der Waals surface area (Å²) in [6.45, 7) is 0.364. The van der Waals surface area contributed by atoms with E-state index in [1.807, 2.05) is 36.4 Å². The number of carbonyl (C=O) groups is 4. The quantitative estimate of drug-likeness (QED) is 0.584. The van der Waals surface area contributed by atoms with E-state index in [1.165, 1.54) is 0 Å². The average molecular weight is 441 g/mol. The van der Waals surface area contributed by atoms with Gasteiger partial charge in [-0.2, -0.15) is 0 Å². The average Bonchev–Trinajstić information content (AvgIpc) is 3.59. The number of para-hydroxylation sites is 1. The maximum absolute atomic E-state index is 13.0. The Morgan fingerprint density at radius 1 is 0.909 bits per heavy atom. The molecular weight excluding hydrogens is 418 g/mol. The number of hydrogen-bond acceptors (Lipinski definition) is 4. The van der Waals surface area contributed by atoms with Gasteiger partial charge in [0.1, 0.15) is 6.54 Å². The molecule has 2 aliphatic heterocycles. The van der Waals surface area contributed by atoms with Crippen LogP contribution in [0.25, 0.3) is 0 Å². The number of benzene rings is 2. The lowest BCUT2D eigenvalue weighted by Gasteiger charge is -2.18. The van der Waals surface area contributed by atoms with Gasteiger partial charge in [0.15, 0.2) is 0 Å². The molecule has 6 rings (SSSR count). The number of nitrogens with zero attached hydrogens (tertiary/aromatic N) is 2. The van der Waals surface area contributed by atoms with Gasteiger partial charge in [0.2, 0.25) is 17.7 Å². The van der Waals surface area contributed by atoms with Crippen LogP contribution in [0.15, 0.2) is 60.7 Å². The molecule has 2 bridgehead atoms. The lowest BCUT2D eigenvalue weighted by molar-refractivity contribution is -0.143.